The Labute approximate surface area is 111 Å². The van der Waals surface area contributed by atoms with Crippen LogP contribution in [0.15, 0.2) is 35.5 Å². The topological polar surface area (TPSA) is 51.5 Å². The third-order valence-electron chi connectivity index (χ3n) is 3.52. The van der Waals surface area contributed by atoms with Crippen LogP contribution < -0.4 is 4.74 Å². The van der Waals surface area contributed by atoms with Gasteiger partial charge in [0.15, 0.2) is 0 Å². The zero-order valence-corrected chi connectivity index (χ0v) is 10.7. The third-order valence-corrected chi connectivity index (χ3v) is 3.52. The molecule has 1 aliphatic rings. The molecule has 1 saturated carbocycles. The zero-order valence-electron chi connectivity index (χ0n) is 10.7. The molecule has 0 saturated heterocycles. The first-order chi connectivity index (χ1) is 9.30. The maximum atomic E-state index is 10.6. The van der Waals surface area contributed by atoms with Gasteiger partial charge in [-0.2, -0.15) is 4.99 Å². The smallest absolute Gasteiger partial charge is 0.235 e. The van der Waals surface area contributed by atoms with Crippen molar-refractivity contribution in [2.24, 2.45) is 4.99 Å². The predicted octanol–water partition coefficient (Wildman–Crippen LogP) is 2.96. The molecular formula is C15H14N2O2. The van der Waals surface area contributed by atoms with Crippen LogP contribution in [-0.4, -0.2) is 17.7 Å². The predicted molar refractivity (Wildman–Crippen MR) is 71.9 cm³/mol. The highest BCUT2D eigenvalue weighted by atomic mass is 16.5. The van der Waals surface area contributed by atoms with Gasteiger partial charge in [-0.3, -0.25) is 4.98 Å². The van der Waals surface area contributed by atoms with Crippen molar-refractivity contribution in [2.45, 2.75) is 25.3 Å². The maximum Gasteiger partial charge on any atom is 0.235 e. The molecule has 0 unspecified atom stereocenters. The molecule has 1 heterocycles. The maximum absolute atomic E-state index is 10.6. The van der Waals surface area contributed by atoms with E-state index in [1.165, 1.54) is 0 Å². The van der Waals surface area contributed by atoms with Crippen molar-refractivity contribution >= 4 is 17.0 Å². The molecule has 0 amide bonds. The van der Waals surface area contributed by atoms with Gasteiger partial charge in [-0.25, -0.2) is 4.79 Å². The van der Waals surface area contributed by atoms with E-state index in [-0.39, 0.29) is 5.54 Å². The van der Waals surface area contributed by atoms with Gasteiger partial charge in [0.2, 0.25) is 6.08 Å². The number of ether oxygens (including phenoxy) is 1. The second-order valence-electron chi connectivity index (χ2n) is 4.68. The number of aliphatic imine (C=N–C) groups is 1. The van der Waals surface area contributed by atoms with E-state index in [1.807, 2.05) is 31.2 Å². The van der Waals surface area contributed by atoms with Gasteiger partial charge in [0.05, 0.1) is 12.1 Å². The molecule has 0 atom stereocenters. The van der Waals surface area contributed by atoms with Crippen LogP contribution in [0.3, 0.4) is 0 Å². The molecule has 4 heteroatoms. The lowest BCUT2D eigenvalue weighted by molar-refractivity contribution is 0.343. The van der Waals surface area contributed by atoms with Crippen molar-refractivity contribution in [1.29, 1.82) is 0 Å². The first kappa shape index (κ1) is 11.9. The second-order valence-corrected chi connectivity index (χ2v) is 4.68. The highest BCUT2D eigenvalue weighted by Gasteiger charge is 2.46. The number of rotatable bonds is 4. The van der Waals surface area contributed by atoms with Crippen molar-refractivity contribution in [3.05, 3.63) is 36.0 Å². The molecule has 0 bridgehead atoms. The quantitative estimate of drug-likeness (QED) is 0.622. The van der Waals surface area contributed by atoms with Crippen LogP contribution >= 0.6 is 0 Å². The fourth-order valence-electron chi connectivity index (χ4n) is 2.47. The molecule has 3 rings (SSSR count). The van der Waals surface area contributed by atoms with Crippen molar-refractivity contribution < 1.29 is 9.53 Å². The summed E-state index contributed by atoms with van der Waals surface area (Å²) in [5.74, 6) is 0.771. The number of fused-ring (bicyclic) bond motifs is 1. The summed E-state index contributed by atoms with van der Waals surface area (Å²) in [6.45, 7) is 2.55. The fraction of sp³-hybridized carbons (Fsp3) is 0.333. The van der Waals surface area contributed by atoms with Crippen molar-refractivity contribution in [1.82, 2.24) is 4.98 Å². The van der Waals surface area contributed by atoms with Gasteiger partial charge in [0.1, 0.15) is 11.3 Å². The Kier molecular flexibility index (Phi) is 2.80. The molecule has 1 fully saturated rings. The van der Waals surface area contributed by atoms with Crippen LogP contribution in [0.4, 0.5) is 0 Å². The minimum absolute atomic E-state index is 0.381. The molecule has 0 radical (unpaired) electrons. The van der Waals surface area contributed by atoms with Gasteiger partial charge in [0.25, 0.3) is 0 Å². The van der Waals surface area contributed by atoms with Gasteiger partial charge >= 0.3 is 0 Å². The molecule has 1 aromatic heterocycles. The molecule has 1 aromatic carbocycles. The van der Waals surface area contributed by atoms with E-state index in [0.717, 1.165) is 35.1 Å². The summed E-state index contributed by atoms with van der Waals surface area (Å²) in [6, 6.07) is 7.79. The fourth-order valence-corrected chi connectivity index (χ4v) is 2.47. The average Bonchev–Trinajstić information content (AvgIpc) is 3.20. The van der Waals surface area contributed by atoms with Gasteiger partial charge in [-0.15, -0.1) is 0 Å². The summed E-state index contributed by atoms with van der Waals surface area (Å²) in [4.78, 5) is 19.0. The number of hydrogen-bond acceptors (Lipinski definition) is 4. The van der Waals surface area contributed by atoms with Gasteiger partial charge in [-0.05, 0) is 37.5 Å². The van der Waals surface area contributed by atoms with E-state index in [2.05, 4.69) is 9.98 Å². The largest absolute Gasteiger partial charge is 0.492 e. The van der Waals surface area contributed by atoms with Crippen LogP contribution in [0, 0.1) is 0 Å². The van der Waals surface area contributed by atoms with Crippen molar-refractivity contribution in [3.63, 3.8) is 0 Å². The Morgan fingerprint density at radius 1 is 1.42 bits per heavy atom. The summed E-state index contributed by atoms with van der Waals surface area (Å²) in [7, 11) is 0. The Bertz CT molecular complexity index is 671. The molecule has 0 aliphatic heterocycles. The van der Waals surface area contributed by atoms with Crippen LogP contribution in [0.25, 0.3) is 10.9 Å². The molecule has 2 aromatic rings. The number of aromatic nitrogens is 1. The zero-order chi connectivity index (χ0) is 13.3. The number of isocyanates is 1. The third kappa shape index (κ3) is 1.90. The molecular weight excluding hydrogens is 240 g/mol. The SMILES string of the molecule is CCOc1ccc(C2(N=C=O)CC2)c2cccnc12. The molecule has 1 aliphatic carbocycles. The molecule has 0 spiro atoms. The first-order valence-electron chi connectivity index (χ1n) is 6.41. The summed E-state index contributed by atoms with van der Waals surface area (Å²) >= 11 is 0. The van der Waals surface area contributed by atoms with Gasteiger partial charge < -0.3 is 4.74 Å². The number of carbonyl (C=O) groups excluding carboxylic acids is 1. The van der Waals surface area contributed by atoms with Crippen LogP contribution in [0.5, 0.6) is 5.75 Å². The minimum atomic E-state index is -0.381. The lowest BCUT2D eigenvalue weighted by Crippen LogP contribution is -2.04. The van der Waals surface area contributed by atoms with Crippen molar-refractivity contribution in [2.75, 3.05) is 6.61 Å². The van der Waals surface area contributed by atoms with E-state index >= 15 is 0 Å². The Balaban J connectivity index is 2.22. The van der Waals surface area contributed by atoms with Gasteiger partial charge in [-0.1, -0.05) is 12.1 Å². The summed E-state index contributed by atoms with van der Waals surface area (Å²) < 4.78 is 5.60. The summed E-state index contributed by atoms with van der Waals surface area (Å²) in [6.07, 6.45) is 5.22. The van der Waals surface area contributed by atoms with E-state index in [9.17, 15) is 4.79 Å². The highest BCUT2D eigenvalue weighted by Crippen LogP contribution is 2.51. The Hall–Kier alpha value is -2.19. The lowest BCUT2D eigenvalue weighted by Gasteiger charge is -2.14. The van der Waals surface area contributed by atoms with E-state index in [0.29, 0.717) is 6.61 Å². The molecule has 4 nitrogen and oxygen atoms in total. The second kappa shape index (κ2) is 4.48. The van der Waals surface area contributed by atoms with Crippen LogP contribution in [0.1, 0.15) is 25.3 Å². The van der Waals surface area contributed by atoms with Crippen LogP contribution in [0.2, 0.25) is 0 Å². The van der Waals surface area contributed by atoms with E-state index in [1.54, 1.807) is 12.3 Å². The standard InChI is InChI=1S/C15H14N2O2/c1-2-19-13-6-5-12(15(7-8-15)17-10-18)11-4-3-9-16-14(11)13/h3-6,9H,2,7-8H2,1H3. The molecule has 19 heavy (non-hydrogen) atoms. The van der Waals surface area contributed by atoms with E-state index < -0.39 is 0 Å². The number of nitrogens with zero attached hydrogens (tertiary/aromatic N) is 2. The summed E-state index contributed by atoms with van der Waals surface area (Å²) in [5, 5.41) is 1.00. The molecule has 0 N–H and O–H groups in total. The Morgan fingerprint density at radius 3 is 2.95 bits per heavy atom. The number of pyridine rings is 1. The van der Waals surface area contributed by atoms with Crippen LogP contribution in [-0.2, 0) is 10.3 Å². The van der Waals surface area contributed by atoms with Gasteiger partial charge in [0, 0.05) is 11.6 Å². The van der Waals surface area contributed by atoms with Crippen molar-refractivity contribution in [3.8, 4) is 5.75 Å². The lowest BCUT2D eigenvalue weighted by atomic mass is 9.99. The summed E-state index contributed by atoms with van der Waals surface area (Å²) in [5.41, 5.74) is 1.49. The number of benzene rings is 1. The normalized spacial score (nSPS) is 15.8. The minimum Gasteiger partial charge on any atom is -0.492 e. The highest BCUT2D eigenvalue weighted by molar-refractivity contribution is 5.88. The first-order valence-corrected chi connectivity index (χ1v) is 6.41. The Morgan fingerprint density at radius 2 is 2.26 bits per heavy atom. The van der Waals surface area contributed by atoms with E-state index in [4.69, 9.17) is 4.74 Å². The molecule has 96 valence electrons. The number of hydrogen-bond donors (Lipinski definition) is 0. The average molecular weight is 254 g/mol. The monoisotopic (exact) mass is 254 g/mol.